The summed E-state index contributed by atoms with van der Waals surface area (Å²) < 4.78 is 23.3. The fourth-order valence-corrected chi connectivity index (χ4v) is 3.87. The number of amides is 2. The second-order valence-corrected chi connectivity index (χ2v) is 7.26. The maximum absolute atomic E-state index is 11.7. The molecule has 5 nitrogen and oxygen atoms in total. The van der Waals surface area contributed by atoms with Crippen LogP contribution in [0.25, 0.3) is 0 Å². The number of para-hydroxylation sites is 1. The van der Waals surface area contributed by atoms with Crippen LogP contribution in [0.5, 0.6) is 0 Å². The maximum atomic E-state index is 11.7. The summed E-state index contributed by atoms with van der Waals surface area (Å²) in [7, 11) is -2.97. The van der Waals surface area contributed by atoms with Crippen LogP contribution in [0.4, 0.5) is 10.5 Å². The molecule has 1 fully saturated rings. The predicted octanol–water partition coefficient (Wildman–Crippen LogP) is 1.76. The third-order valence-electron chi connectivity index (χ3n) is 2.69. The molecule has 1 saturated heterocycles. The Hall–Kier alpha value is -1.08. The van der Waals surface area contributed by atoms with Gasteiger partial charge in [0.05, 0.1) is 17.2 Å². The number of anilines is 1. The summed E-state index contributed by atoms with van der Waals surface area (Å²) in [6.07, 6.45) is 0.478. The summed E-state index contributed by atoms with van der Waals surface area (Å²) in [6, 6.07) is 6.54. The van der Waals surface area contributed by atoms with Crippen LogP contribution in [-0.2, 0) is 9.84 Å². The average molecular weight is 333 g/mol. The van der Waals surface area contributed by atoms with Crippen molar-refractivity contribution in [2.75, 3.05) is 16.8 Å². The molecule has 2 amide bonds. The van der Waals surface area contributed by atoms with Gasteiger partial charge in [0.25, 0.3) is 0 Å². The van der Waals surface area contributed by atoms with E-state index >= 15 is 0 Å². The van der Waals surface area contributed by atoms with Gasteiger partial charge in [-0.05, 0) is 34.5 Å². The largest absolute Gasteiger partial charge is 0.334 e. The fourth-order valence-electron chi connectivity index (χ4n) is 1.82. The molecule has 1 aromatic carbocycles. The van der Waals surface area contributed by atoms with Gasteiger partial charge in [-0.1, -0.05) is 12.1 Å². The lowest BCUT2D eigenvalue weighted by Crippen LogP contribution is -2.38. The molecule has 0 saturated carbocycles. The van der Waals surface area contributed by atoms with Crippen LogP contribution in [0, 0.1) is 0 Å². The van der Waals surface area contributed by atoms with Crippen molar-refractivity contribution in [1.82, 2.24) is 5.32 Å². The SMILES string of the molecule is O=C(Nc1ccccc1Br)NC1CCS(=O)(=O)C1. The van der Waals surface area contributed by atoms with Crippen molar-refractivity contribution >= 4 is 37.5 Å². The van der Waals surface area contributed by atoms with Gasteiger partial charge in [0.15, 0.2) is 9.84 Å². The third kappa shape index (κ3) is 3.46. The Balaban J connectivity index is 1.92. The molecule has 1 aromatic rings. The highest BCUT2D eigenvalue weighted by Gasteiger charge is 2.28. The molecule has 2 N–H and O–H groups in total. The molecule has 1 atom stereocenters. The number of urea groups is 1. The van der Waals surface area contributed by atoms with Crippen LogP contribution in [0.3, 0.4) is 0 Å². The lowest BCUT2D eigenvalue weighted by Gasteiger charge is -2.12. The summed E-state index contributed by atoms with van der Waals surface area (Å²) in [6.45, 7) is 0. The van der Waals surface area contributed by atoms with Gasteiger partial charge in [-0.2, -0.15) is 0 Å². The minimum atomic E-state index is -2.97. The lowest BCUT2D eigenvalue weighted by molar-refractivity contribution is 0.249. The molecule has 18 heavy (non-hydrogen) atoms. The van der Waals surface area contributed by atoms with E-state index in [1.165, 1.54) is 0 Å². The highest BCUT2D eigenvalue weighted by Crippen LogP contribution is 2.21. The minimum absolute atomic E-state index is 0.0242. The van der Waals surface area contributed by atoms with E-state index in [0.29, 0.717) is 12.1 Å². The zero-order valence-electron chi connectivity index (χ0n) is 9.52. The van der Waals surface area contributed by atoms with Crippen LogP contribution >= 0.6 is 15.9 Å². The Morgan fingerprint density at radius 2 is 2.06 bits per heavy atom. The van der Waals surface area contributed by atoms with E-state index in [9.17, 15) is 13.2 Å². The molecule has 1 unspecified atom stereocenters. The molecule has 1 heterocycles. The number of benzene rings is 1. The van der Waals surface area contributed by atoms with E-state index in [4.69, 9.17) is 0 Å². The first-order valence-corrected chi connectivity index (χ1v) is 8.10. The van der Waals surface area contributed by atoms with E-state index < -0.39 is 9.84 Å². The molecule has 0 spiro atoms. The molecule has 7 heteroatoms. The molecular weight excluding hydrogens is 320 g/mol. The van der Waals surface area contributed by atoms with Crippen molar-refractivity contribution in [1.29, 1.82) is 0 Å². The van der Waals surface area contributed by atoms with E-state index in [0.717, 1.165) is 4.47 Å². The number of carbonyl (C=O) groups is 1. The number of halogens is 1. The number of rotatable bonds is 2. The van der Waals surface area contributed by atoms with Crippen molar-refractivity contribution in [2.45, 2.75) is 12.5 Å². The van der Waals surface area contributed by atoms with Crippen LogP contribution in [0.2, 0.25) is 0 Å². The quantitative estimate of drug-likeness (QED) is 0.866. The molecular formula is C11H13BrN2O3S. The molecule has 0 aliphatic carbocycles. The summed E-state index contributed by atoms with van der Waals surface area (Å²) in [4.78, 5) is 11.7. The molecule has 0 bridgehead atoms. The smallest absolute Gasteiger partial charge is 0.319 e. The highest BCUT2D eigenvalue weighted by molar-refractivity contribution is 9.10. The lowest BCUT2D eigenvalue weighted by atomic mass is 10.3. The van der Waals surface area contributed by atoms with E-state index in [2.05, 4.69) is 26.6 Å². The summed E-state index contributed by atoms with van der Waals surface area (Å²) in [5.41, 5.74) is 0.649. The zero-order valence-corrected chi connectivity index (χ0v) is 11.9. The normalized spacial score (nSPS) is 21.5. The molecule has 98 valence electrons. The Morgan fingerprint density at radius 1 is 1.33 bits per heavy atom. The van der Waals surface area contributed by atoms with Crippen LogP contribution in [0.15, 0.2) is 28.7 Å². The van der Waals surface area contributed by atoms with E-state index in [1.54, 1.807) is 12.1 Å². The second-order valence-electron chi connectivity index (χ2n) is 4.18. The van der Waals surface area contributed by atoms with Gasteiger partial charge in [0.1, 0.15) is 0 Å². The fraction of sp³-hybridized carbons (Fsp3) is 0.364. The van der Waals surface area contributed by atoms with Crippen LogP contribution in [-0.4, -0.2) is 32.0 Å². The molecule has 0 aromatic heterocycles. The number of hydrogen-bond acceptors (Lipinski definition) is 3. The monoisotopic (exact) mass is 332 g/mol. The first kappa shape index (κ1) is 13.4. The van der Waals surface area contributed by atoms with Gasteiger partial charge in [0, 0.05) is 10.5 Å². The number of nitrogens with one attached hydrogen (secondary N) is 2. The van der Waals surface area contributed by atoms with Crippen molar-refractivity contribution in [3.8, 4) is 0 Å². The van der Waals surface area contributed by atoms with E-state index in [-0.39, 0.29) is 23.6 Å². The minimum Gasteiger partial charge on any atom is -0.334 e. The van der Waals surface area contributed by atoms with E-state index in [1.807, 2.05) is 12.1 Å². The summed E-state index contributed by atoms with van der Waals surface area (Å²) in [5, 5.41) is 5.33. The molecule has 1 aliphatic rings. The average Bonchev–Trinajstić information content (AvgIpc) is 2.61. The number of carbonyl (C=O) groups excluding carboxylic acids is 1. The van der Waals surface area contributed by atoms with Crippen LogP contribution < -0.4 is 10.6 Å². The van der Waals surface area contributed by atoms with Gasteiger partial charge < -0.3 is 10.6 Å². The number of sulfone groups is 1. The first-order chi connectivity index (χ1) is 8.46. The molecule has 1 aliphatic heterocycles. The highest BCUT2D eigenvalue weighted by atomic mass is 79.9. The van der Waals surface area contributed by atoms with Gasteiger partial charge in [-0.3, -0.25) is 0 Å². The Labute approximate surface area is 114 Å². The molecule has 0 radical (unpaired) electrons. The first-order valence-electron chi connectivity index (χ1n) is 5.49. The third-order valence-corrected chi connectivity index (χ3v) is 5.15. The maximum Gasteiger partial charge on any atom is 0.319 e. The van der Waals surface area contributed by atoms with Crippen molar-refractivity contribution in [3.63, 3.8) is 0 Å². The second kappa shape index (κ2) is 5.27. The molecule has 2 rings (SSSR count). The predicted molar refractivity (Wildman–Crippen MR) is 73.4 cm³/mol. The Kier molecular flexibility index (Phi) is 3.91. The van der Waals surface area contributed by atoms with Gasteiger partial charge in [-0.15, -0.1) is 0 Å². The standard InChI is InChI=1S/C11H13BrN2O3S/c12-9-3-1-2-4-10(9)14-11(15)13-8-5-6-18(16,17)7-8/h1-4,8H,5-7H2,(H2,13,14,15). The van der Waals surface area contributed by atoms with Gasteiger partial charge >= 0.3 is 6.03 Å². The van der Waals surface area contributed by atoms with Crippen LogP contribution in [0.1, 0.15) is 6.42 Å². The van der Waals surface area contributed by atoms with Crippen molar-refractivity contribution < 1.29 is 13.2 Å². The van der Waals surface area contributed by atoms with Gasteiger partial charge in [0.2, 0.25) is 0 Å². The zero-order chi connectivity index (χ0) is 13.2. The van der Waals surface area contributed by atoms with Crippen molar-refractivity contribution in [3.05, 3.63) is 28.7 Å². The Morgan fingerprint density at radius 3 is 2.67 bits per heavy atom. The Bertz CT molecular complexity index is 559. The topological polar surface area (TPSA) is 75.3 Å². The summed E-state index contributed by atoms with van der Waals surface area (Å²) in [5.74, 6) is 0.170. The summed E-state index contributed by atoms with van der Waals surface area (Å²) >= 11 is 3.32. The number of hydrogen-bond donors (Lipinski definition) is 2. The van der Waals surface area contributed by atoms with Gasteiger partial charge in [-0.25, -0.2) is 13.2 Å². The van der Waals surface area contributed by atoms with Crippen molar-refractivity contribution in [2.24, 2.45) is 0 Å².